The van der Waals surface area contributed by atoms with Crippen LogP contribution >= 0.6 is 0 Å². The van der Waals surface area contributed by atoms with Crippen LogP contribution in [0.4, 0.5) is 0 Å². The van der Waals surface area contributed by atoms with Crippen molar-refractivity contribution in [3.8, 4) is 0 Å². The molecule has 2 fully saturated rings. The molecule has 36 heavy (non-hydrogen) atoms. The Bertz CT molecular complexity index is 873. The van der Waals surface area contributed by atoms with Gasteiger partial charge in [-0.05, 0) is 11.6 Å². The average molecular weight is 518 g/mol. The Labute approximate surface area is 205 Å². The highest BCUT2D eigenvalue weighted by atomic mass is 16.8. The van der Waals surface area contributed by atoms with Crippen LogP contribution in [0.5, 0.6) is 0 Å². The van der Waals surface area contributed by atoms with E-state index in [4.69, 9.17) is 28.4 Å². The van der Waals surface area contributed by atoms with Crippen molar-refractivity contribution in [3.63, 3.8) is 0 Å². The topological polar surface area (TPSA) is 214 Å². The molecular weight excluding hydrogens is 488 g/mol. The molecule has 0 aromatic heterocycles. The number of aliphatic hydroxyl groups excluding tert-OH is 7. The van der Waals surface area contributed by atoms with Gasteiger partial charge < -0.3 is 64.2 Å². The van der Waals surface area contributed by atoms with Gasteiger partial charge in [-0.3, -0.25) is 0 Å². The average Bonchev–Trinajstić information content (AvgIpc) is 2.87. The zero-order valence-electron chi connectivity index (χ0n) is 19.0. The zero-order valence-corrected chi connectivity index (χ0v) is 19.0. The van der Waals surface area contributed by atoms with Gasteiger partial charge in [0.05, 0.1) is 24.7 Å². The minimum atomic E-state index is -1.73. The number of aliphatic hydroxyl groups is 7. The van der Waals surface area contributed by atoms with E-state index in [0.29, 0.717) is 5.57 Å². The number of cyclic esters (lactones) is 1. The normalized spacial score (nSPS) is 45.0. The number of ether oxygens (including phenoxy) is 6. The minimum absolute atomic E-state index is 0.0490. The number of carbonyl (C=O) groups excluding carboxylic acids is 1. The van der Waals surface area contributed by atoms with Crippen LogP contribution in [0.2, 0.25) is 0 Å². The van der Waals surface area contributed by atoms with Gasteiger partial charge in [-0.25, -0.2) is 4.79 Å². The molecule has 4 rings (SSSR count). The van der Waals surface area contributed by atoms with Gasteiger partial charge in [0.25, 0.3) is 0 Å². The van der Waals surface area contributed by atoms with Gasteiger partial charge in [0, 0.05) is 0 Å². The molecule has 0 aromatic carbocycles. The summed E-state index contributed by atoms with van der Waals surface area (Å²) in [6.45, 7) is 2.61. The maximum atomic E-state index is 12.0. The summed E-state index contributed by atoms with van der Waals surface area (Å²) in [6, 6.07) is 0. The minimum Gasteiger partial charge on any atom is -0.471 e. The van der Waals surface area contributed by atoms with Gasteiger partial charge in [0.1, 0.15) is 61.7 Å². The molecule has 4 aliphatic rings. The number of esters is 1. The highest BCUT2D eigenvalue weighted by Crippen LogP contribution is 2.36. The second-order valence-corrected chi connectivity index (χ2v) is 8.74. The molecule has 0 bridgehead atoms. The molecule has 14 nitrogen and oxygen atoms in total. The van der Waals surface area contributed by atoms with E-state index in [1.165, 1.54) is 6.08 Å². The molecule has 0 aromatic rings. The zero-order chi connectivity index (χ0) is 26.1. The Morgan fingerprint density at radius 2 is 1.56 bits per heavy atom. The van der Waals surface area contributed by atoms with E-state index < -0.39 is 92.8 Å². The number of hydrogen-bond donors (Lipinski definition) is 7. The molecule has 0 radical (unpaired) electrons. The first-order valence-electron chi connectivity index (χ1n) is 11.3. The van der Waals surface area contributed by atoms with E-state index in [-0.39, 0.29) is 12.2 Å². The molecule has 12 atom stereocenters. The lowest BCUT2D eigenvalue weighted by Gasteiger charge is -2.44. The van der Waals surface area contributed by atoms with Crippen molar-refractivity contribution in [2.75, 3.05) is 19.8 Å². The fourth-order valence-electron chi connectivity index (χ4n) is 4.36. The number of rotatable bonds is 7. The van der Waals surface area contributed by atoms with Crippen LogP contribution in [-0.2, 0) is 33.2 Å². The lowest BCUT2D eigenvalue weighted by molar-refractivity contribution is -0.349. The Hall–Kier alpha value is -1.95. The predicted octanol–water partition coefficient (Wildman–Crippen LogP) is -3.85. The quantitative estimate of drug-likeness (QED) is 0.127. The van der Waals surface area contributed by atoms with Crippen LogP contribution in [0, 0.1) is 5.92 Å². The van der Waals surface area contributed by atoms with E-state index in [9.17, 15) is 40.5 Å². The van der Waals surface area contributed by atoms with E-state index in [2.05, 4.69) is 6.58 Å². The fourth-order valence-corrected chi connectivity index (χ4v) is 4.36. The summed E-state index contributed by atoms with van der Waals surface area (Å²) >= 11 is 0. The van der Waals surface area contributed by atoms with Gasteiger partial charge in [-0.2, -0.15) is 0 Å². The van der Waals surface area contributed by atoms with Crippen LogP contribution in [0.15, 0.2) is 36.1 Å². The molecule has 0 unspecified atom stereocenters. The standard InChI is InChI=1S/C22H30O14/c1-2-8-9-3-4-31-19(30)10(9)6-32-20(8)36-22-18(29)16(27)14(25)12(35-22)7-33-21-17(28)15(26)13(24)11(5-23)34-21/h2-3,6,8,11-18,20-29H,1,4-5,7H2/t8-,11-,12-,13-,14-,15+,16+,17-,18-,20+,21-,22+/m0/s1. The molecule has 7 N–H and O–H groups in total. The molecule has 202 valence electrons. The van der Waals surface area contributed by atoms with E-state index in [1.54, 1.807) is 6.08 Å². The van der Waals surface area contributed by atoms with E-state index in [1.807, 2.05) is 0 Å². The summed E-state index contributed by atoms with van der Waals surface area (Å²) in [5.74, 6) is -1.22. The number of hydrogen-bond acceptors (Lipinski definition) is 14. The highest BCUT2D eigenvalue weighted by molar-refractivity contribution is 5.94. The Kier molecular flexibility index (Phi) is 8.43. The highest BCUT2D eigenvalue weighted by Gasteiger charge is 2.49. The van der Waals surface area contributed by atoms with Gasteiger partial charge in [-0.15, -0.1) is 6.58 Å². The summed E-state index contributed by atoms with van der Waals surface area (Å²) in [7, 11) is 0. The SMILES string of the molecule is C=C[C@H]1C2=CCOC(=O)C2=CO[C@@H]1O[C@H]1O[C@@H](CO[C@H]2O[C@@H](CO)[C@H](O)[C@@H](O)[C@@H]2O)[C@H](O)[C@@H](O)[C@@H]1O. The summed E-state index contributed by atoms with van der Waals surface area (Å²) in [6.07, 6.45) is -12.4. The summed E-state index contributed by atoms with van der Waals surface area (Å²) < 4.78 is 32.4. The maximum absolute atomic E-state index is 12.0. The van der Waals surface area contributed by atoms with Crippen LogP contribution < -0.4 is 0 Å². The molecule has 0 saturated carbocycles. The molecule has 4 heterocycles. The summed E-state index contributed by atoms with van der Waals surface area (Å²) in [4.78, 5) is 12.0. The Morgan fingerprint density at radius 3 is 2.22 bits per heavy atom. The van der Waals surface area contributed by atoms with Gasteiger partial charge in [0.15, 0.2) is 12.6 Å². The summed E-state index contributed by atoms with van der Waals surface area (Å²) in [5, 5.41) is 70.4. The lowest BCUT2D eigenvalue weighted by Crippen LogP contribution is -2.62. The van der Waals surface area contributed by atoms with Crippen molar-refractivity contribution in [1.82, 2.24) is 0 Å². The molecule has 4 aliphatic heterocycles. The maximum Gasteiger partial charge on any atom is 0.341 e. The van der Waals surface area contributed by atoms with Gasteiger partial charge in [0.2, 0.25) is 6.29 Å². The molecular formula is C22H30O14. The van der Waals surface area contributed by atoms with Gasteiger partial charge >= 0.3 is 5.97 Å². The monoisotopic (exact) mass is 518 g/mol. The molecule has 0 spiro atoms. The largest absolute Gasteiger partial charge is 0.471 e. The van der Waals surface area contributed by atoms with Gasteiger partial charge in [-0.1, -0.05) is 6.08 Å². The van der Waals surface area contributed by atoms with E-state index >= 15 is 0 Å². The molecule has 2 saturated heterocycles. The van der Waals surface area contributed by atoms with Crippen LogP contribution in [0.1, 0.15) is 0 Å². The first-order valence-corrected chi connectivity index (χ1v) is 11.3. The third-order valence-corrected chi connectivity index (χ3v) is 6.48. The third kappa shape index (κ3) is 5.07. The fraction of sp³-hybridized carbons (Fsp3) is 0.682. The van der Waals surface area contributed by atoms with Crippen molar-refractivity contribution in [1.29, 1.82) is 0 Å². The first kappa shape index (κ1) is 27.1. The van der Waals surface area contributed by atoms with Crippen LogP contribution in [0.3, 0.4) is 0 Å². The number of fused-ring (bicyclic) bond motifs is 1. The first-order chi connectivity index (χ1) is 17.2. The van der Waals surface area contributed by atoms with Crippen molar-refractivity contribution in [2.24, 2.45) is 5.92 Å². The molecule has 14 heteroatoms. The Morgan fingerprint density at radius 1 is 0.917 bits per heavy atom. The second-order valence-electron chi connectivity index (χ2n) is 8.74. The second kappa shape index (κ2) is 11.2. The predicted molar refractivity (Wildman–Crippen MR) is 113 cm³/mol. The van der Waals surface area contributed by atoms with Crippen molar-refractivity contribution in [3.05, 3.63) is 36.1 Å². The lowest BCUT2D eigenvalue weighted by atomic mass is 9.89. The van der Waals surface area contributed by atoms with Crippen LogP contribution in [-0.4, -0.2) is 129 Å². The third-order valence-electron chi connectivity index (χ3n) is 6.48. The van der Waals surface area contributed by atoms with Crippen molar-refractivity contribution < 1.29 is 69.0 Å². The Balaban J connectivity index is 1.43. The van der Waals surface area contributed by atoms with Crippen molar-refractivity contribution in [2.45, 2.75) is 67.7 Å². The summed E-state index contributed by atoms with van der Waals surface area (Å²) in [5.41, 5.74) is 0.739. The van der Waals surface area contributed by atoms with Crippen LogP contribution in [0.25, 0.3) is 0 Å². The smallest absolute Gasteiger partial charge is 0.341 e. The molecule has 0 aliphatic carbocycles. The van der Waals surface area contributed by atoms with E-state index in [0.717, 1.165) is 6.26 Å². The molecule has 0 amide bonds. The number of carbonyl (C=O) groups is 1. The van der Waals surface area contributed by atoms with Crippen molar-refractivity contribution >= 4 is 5.97 Å².